The van der Waals surface area contributed by atoms with E-state index in [9.17, 15) is 0 Å². The van der Waals surface area contributed by atoms with E-state index in [0.29, 0.717) is 0 Å². The summed E-state index contributed by atoms with van der Waals surface area (Å²) in [5.74, 6) is 1.17. The van der Waals surface area contributed by atoms with E-state index in [1.165, 1.54) is 22.2 Å². The van der Waals surface area contributed by atoms with Crippen molar-refractivity contribution in [2.24, 2.45) is 4.99 Å². The van der Waals surface area contributed by atoms with Crippen molar-refractivity contribution in [1.82, 2.24) is 9.80 Å². The van der Waals surface area contributed by atoms with Crippen LogP contribution in [0.25, 0.3) is 10.8 Å². The van der Waals surface area contributed by atoms with E-state index in [4.69, 9.17) is 4.99 Å². The van der Waals surface area contributed by atoms with E-state index in [1.54, 1.807) is 0 Å². The van der Waals surface area contributed by atoms with Crippen molar-refractivity contribution in [3.63, 3.8) is 0 Å². The molecule has 2 aliphatic rings. The quantitative estimate of drug-likeness (QED) is 0.748. The number of halogens is 1. The molecular formula is C16H20ClN3O. The van der Waals surface area contributed by atoms with Crippen LogP contribution in [0.2, 0.25) is 0 Å². The van der Waals surface area contributed by atoms with Crippen LogP contribution in [0.1, 0.15) is 5.56 Å². The van der Waals surface area contributed by atoms with Gasteiger partial charge in [0, 0.05) is 37.1 Å². The van der Waals surface area contributed by atoms with Crippen LogP contribution in [-0.2, 0) is 0 Å². The molecule has 4 nitrogen and oxygen atoms in total. The largest absolute Gasteiger partial charge is 0.412 e. The lowest BCUT2D eigenvalue weighted by molar-refractivity contribution is 0.216. The van der Waals surface area contributed by atoms with E-state index in [1.807, 2.05) is 0 Å². The third-order valence-corrected chi connectivity index (χ3v) is 4.15. The van der Waals surface area contributed by atoms with Crippen molar-refractivity contribution >= 4 is 34.7 Å². The van der Waals surface area contributed by atoms with Gasteiger partial charge in [-0.2, -0.15) is 0 Å². The van der Waals surface area contributed by atoms with Crippen LogP contribution in [0.4, 0.5) is 5.69 Å². The molecule has 2 N–H and O–H groups in total. The third kappa shape index (κ3) is 2.50. The molecule has 0 aliphatic carbocycles. The zero-order valence-corrected chi connectivity index (χ0v) is 12.9. The lowest BCUT2D eigenvalue weighted by Crippen LogP contribution is -2.47. The predicted octanol–water partition coefficient (Wildman–Crippen LogP) is 2.08. The maximum absolute atomic E-state index is 4.87. The average molecular weight is 306 g/mol. The first-order valence-corrected chi connectivity index (χ1v) is 6.87. The number of likely N-dealkylation sites (N-methyl/N-ethyl adjacent to an activating group) is 1. The van der Waals surface area contributed by atoms with Crippen molar-refractivity contribution in [2.75, 3.05) is 33.2 Å². The van der Waals surface area contributed by atoms with Crippen LogP contribution in [0.5, 0.6) is 0 Å². The van der Waals surface area contributed by atoms with Crippen molar-refractivity contribution in [1.29, 1.82) is 0 Å². The highest BCUT2D eigenvalue weighted by atomic mass is 35.5. The first-order valence-electron chi connectivity index (χ1n) is 6.87. The fourth-order valence-corrected chi connectivity index (χ4v) is 3.03. The molecule has 0 bridgehead atoms. The zero-order valence-electron chi connectivity index (χ0n) is 12.0. The van der Waals surface area contributed by atoms with Gasteiger partial charge in [0.2, 0.25) is 0 Å². The fourth-order valence-electron chi connectivity index (χ4n) is 3.03. The Morgan fingerprint density at radius 1 is 0.952 bits per heavy atom. The van der Waals surface area contributed by atoms with Crippen molar-refractivity contribution in [3.05, 3.63) is 42.0 Å². The molecule has 0 atom stereocenters. The first kappa shape index (κ1) is 15.8. The number of piperazine rings is 1. The molecule has 0 aromatic heterocycles. The summed E-state index contributed by atoms with van der Waals surface area (Å²) in [4.78, 5) is 9.67. The number of hydrogen-bond acceptors (Lipinski definition) is 3. The smallest absolute Gasteiger partial charge is 0.137 e. The van der Waals surface area contributed by atoms with Crippen molar-refractivity contribution in [2.45, 2.75) is 0 Å². The van der Waals surface area contributed by atoms with Gasteiger partial charge in [0.25, 0.3) is 0 Å². The van der Waals surface area contributed by atoms with Gasteiger partial charge in [-0.05, 0) is 18.5 Å². The molecule has 0 spiro atoms. The van der Waals surface area contributed by atoms with Gasteiger partial charge in [-0.1, -0.05) is 30.3 Å². The Bertz CT molecular complexity index is 673. The highest BCUT2D eigenvalue weighted by Gasteiger charge is 2.24. The second-order valence-corrected chi connectivity index (χ2v) is 5.41. The van der Waals surface area contributed by atoms with Gasteiger partial charge in [-0.25, -0.2) is 4.99 Å². The zero-order chi connectivity index (χ0) is 12.8. The number of aliphatic imine (C=N–C) groups is 1. The van der Waals surface area contributed by atoms with Crippen LogP contribution in [0.3, 0.4) is 0 Å². The van der Waals surface area contributed by atoms with Gasteiger partial charge in [-0.15, -0.1) is 12.4 Å². The highest BCUT2D eigenvalue weighted by molar-refractivity contribution is 6.18. The van der Waals surface area contributed by atoms with Crippen molar-refractivity contribution in [3.8, 4) is 0 Å². The van der Waals surface area contributed by atoms with Crippen LogP contribution in [0, 0.1) is 0 Å². The van der Waals surface area contributed by atoms with Gasteiger partial charge in [0.15, 0.2) is 0 Å². The van der Waals surface area contributed by atoms with Crippen LogP contribution in [0.15, 0.2) is 41.4 Å². The molecule has 2 heterocycles. The molecule has 112 valence electrons. The van der Waals surface area contributed by atoms with E-state index >= 15 is 0 Å². The van der Waals surface area contributed by atoms with Crippen molar-refractivity contribution < 1.29 is 5.48 Å². The Labute approximate surface area is 130 Å². The van der Waals surface area contributed by atoms with E-state index in [-0.39, 0.29) is 17.9 Å². The number of amidine groups is 1. The molecule has 2 aromatic carbocycles. The molecule has 0 amide bonds. The topological polar surface area (TPSA) is 50.3 Å². The Hall–Kier alpha value is -1.62. The number of nitrogens with zero attached hydrogens (tertiary/aromatic N) is 3. The van der Waals surface area contributed by atoms with Gasteiger partial charge in [-0.3, -0.25) is 0 Å². The minimum atomic E-state index is 0. The van der Waals surface area contributed by atoms with E-state index < -0.39 is 0 Å². The summed E-state index contributed by atoms with van der Waals surface area (Å²) < 4.78 is 0. The van der Waals surface area contributed by atoms with Gasteiger partial charge >= 0.3 is 0 Å². The normalized spacial score (nSPS) is 17.2. The average Bonchev–Trinajstić information content (AvgIpc) is 2.82. The summed E-state index contributed by atoms with van der Waals surface area (Å²) in [6.45, 7) is 4.37. The molecule has 2 aromatic rings. The summed E-state index contributed by atoms with van der Waals surface area (Å²) in [6, 6.07) is 12.9. The SMILES string of the molecule is CN1CCN(C2=Nc3cccc4cccc2c34)CC1.Cl.O. The molecular weight excluding hydrogens is 286 g/mol. The monoisotopic (exact) mass is 305 g/mol. The summed E-state index contributed by atoms with van der Waals surface area (Å²) in [6.07, 6.45) is 0. The van der Waals surface area contributed by atoms with Gasteiger partial charge in [0.05, 0.1) is 5.69 Å². The first-order chi connectivity index (χ1) is 9.33. The Morgan fingerprint density at radius 2 is 1.62 bits per heavy atom. The minimum Gasteiger partial charge on any atom is -0.412 e. The van der Waals surface area contributed by atoms with Gasteiger partial charge in [0.1, 0.15) is 5.84 Å². The maximum Gasteiger partial charge on any atom is 0.137 e. The molecule has 0 saturated carbocycles. The number of hydrogen-bond donors (Lipinski definition) is 0. The molecule has 0 unspecified atom stereocenters. The molecule has 1 fully saturated rings. The number of benzene rings is 2. The Balaban J connectivity index is 0.000000807. The summed E-state index contributed by atoms with van der Waals surface area (Å²) in [5.41, 5.74) is 2.43. The highest BCUT2D eigenvalue weighted by Crippen LogP contribution is 2.36. The van der Waals surface area contributed by atoms with E-state index in [0.717, 1.165) is 31.9 Å². The lowest BCUT2D eigenvalue weighted by atomic mass is 10.0. The van der Waals surface area contributed by atoms with Crippen LogP contribution >= 0.6 is 12.4 Å². The second-order valence-electron chi connectivity index (χ2n) is 5.41. The maximum atomic E-state index is 4.87. The summed E-state index contributed by atoms with van der Waals surface area (Å²) in [5, 5.41) is 2.61. The Kier molecular flexibility index (Phi) is 4.52. The molecule has 4 rings (SSSR count). The third-order valence-electron chi connectivity index (χ3n) is 4.15. The van der Waals surface area contributed by atoms with E-state index in [2.05, 4.69) is 53.2 Å². The standard InChI is InChI=1S/C16H17N3.ClH.H2O/c1-18-8-10-19(11-9-18)16-13-6-2-4-12-5-3-7-14(17-16)15(12)13;;/h2-7H,8-11H2,1H3;1H;1H2. The van der Waals surface area contributed by atoms with Crippen LogP contribution < -0.4 is 0 Å². The Morgan fingerprint density at radius 3 is 2.33 bits per heavy atom. The second kappa shape index (κ2) is 6.02. The predicted molar refractivity (Wildman–Crippen MR) is 90.1 cm³/mol. The number of rotatable bonds is 0. The minimum absolute atomic E-state index is 0. The van der Waals surface area contributed by atoms with Crippen LogP contribution in [-0.4, -0.2) is 54.3 Å². The summed E-state index contributed by atoms with van der Waals surface area (Å²) in [7, 11) is 2.18. The molecule has 2 aliphatic heterocycles. The summed E-state index contributed by atoms with van der Waals surface area (Å²) >= 11 is 0. The molecule has 21 heavy (non-hydrogen) atoms. The molecule has 1 saturated heterocycles. The lowest BCUT2D eigenvalue weighted by Gasteiger charge is -2.34. The fraction of sp³-hybridized carbons (Fsp3) is 0.312. The molecule has 5 heteroatoms. The molecule has 0 radical (unpaired) electrons. The van der Waals surface area contributed by atoms with Gasteiger partial charge < -0.3 is 15.3 Å².